The molecule has 0 radical (unpaired) electrons. The van der Waals surface area contributed by atoms with Gasteiger partial charge in [0.1, 0.15) is 11.4 Å². The molecule has 0 amide bonds. The fraction of sp³-hybridized carbons (Fsp3) is 0.700. The Morgan fingerprint density at radius 1 is 1.64 bits per heavy atom. The lowest BCUT2D eigenvalue weighted by atomic mass is 9.65. The largest absolute Gasteiger partial charge is 0.383 e. The number of nitrogens with zero attached hydrogens (tertiary/aromatic N) is 1. The summed E-state index contributed by atoms with van der Waals surface area (Å²) in [5.41, 5.74) is 5.21. The van der Waals surface area contributed by atoms with E-state index in [0.717, 1.165) is 24.2 Å². The summed E-state index contributed by atoms with van der Waals surface area (Å²) in [6.07, 6.45) is 3.27. The average molecular weight is 196 g/mol. The van der Waals surface area contributed by atoms with Gasteiger partial charge in [-0.25, -0.2) is 0 Å². The number of aryl methyl sites for hydroxylation is 1. The third kappa shape index (κ3) is 1.04. The highest BCUT2D eigenvalue weighted by molar-refractivity contribution is 5.29. The number of aliphatic hydroxyl groups is 1. The molecule has 1 aliphatic carbocycles. The number of fused-ring (bicyclic) bond motifs is 1. The van der Waals surface area contributed by atoms with Gasteiger partial charge in [0.15, 0.2) is 0 Å². The Morgan fingerprint density at radius 3 is 3.00 bits per heavy atom. The fourth-order valence-electron chi connectivity index (χ4n) is 2.17. The molecule has 1 aromatic rings. The van der Waals surface area contributed by atoms with Crippen LogP contribution < -0.4 is 5.73 Å². The first-order valence-electron chi connectivity index (χ1n) is 4.88. The Bertz CT molecular complexity index is 346. The molecule has 1 unspecified atom stereocenters. The first kappa shape index (κ1) is 9.68. The van der Waals surface area contributed by atoms with Gasteiger partial charge in [0.25, 0.3) is 0 Å². The van der Waals surface area contributed by atoms with Crippen LogP contribution in [0.3, 0.4) is 0 Å². The highest BCUT2D eigenvalue weighted by Crippen LogP contribution is 2.47. The molecule has 2 rings (SSSR count). The summed E-state index contributed by atoms with van der Waals surface area (Å²) in [6.45, 7) is 4.25. The van der Waals surface area contributed by atoms with E-state index >= 15 is 0 Å². The van der Waals surface area contributed by atoms with Crippen molar-refractivity contribution in [2.75, 3.05) is 6.54 Å². The monoisotopic (exact) mass is 196 g/mol. The maximum absolute atomic E-state index is 10.5. The highest BCUT2D eigenvalue weighted by atomic mass is 16.5. The van der Waals surface area contributed by atoms with Crippen molar-refractivity contribution in [2.45, 2.75) is 32.3 Å². The summed E-state index contributed by atoms with van der Waals surface area (Å²) in [5.74, 6) is 0.775. The van der Waals surface area contributed by atoms with Gasteiger partial charge in [0, 0.05) is 18.5 Å². The Kier molecular flexibility index (Phi) is 1.94. The van der Waals surface area contributed by atoms with Gasteiger partial charge < -0.3 is 15.4 Å². The molecule has 0 aromatic carbocycles. The van der Waals surface area contributed by atoms with Gasteiger partial charge in [-0.3, -0.25) is 0 Å². The van der Waals surface area contributed by atoms with Crippen LogP contribution in [0, 0.1) is 5.41 Å². The maximum atomic E-state index is 10.5. The van der Waals surface area contributed by atoms with Crippen LogP contribution in [0.2, 0.25) is 0 Å². The summed E-state index contributed by atoms with van der Waals surface area (Å²) in [6, 6.07) is 0. The molecule has 1 atom stereocenters. The van der Waals surface area contributed by atoms with E-state index in [1.807, 2.05) is 13.8 Å². The molecule has 0 fully saturated rings. The molecular formula is C10H16N2O2. The van der Waals surface area contributed by atoms with Crippen LogP contribution in [0.15, 0.2) is 10.7 Å². The van der Waals surface area contributed by atoms with E-state index < -0.39 is 5.60 Å². The SMILES string of the molecule is CC1(C)CCc2oncc2C1(O)CN. The van der Waals surface area contributed by atoms with Crippen LogP contribution in [-0.2, 0) is 12.0 Å². The van der Waals surface area contributed by atoms with Crippen LogP contribution >= 0.6 is 0 Å². The number of hydrogen-bond acceptors (Lipinski definition) is 4. The average Bonchev–Trinajstić information content (AvgIpc) is 2.60. The molecule has 1 aliphatic rings. The second-order valence-corrected chi connectivity index (χ2v) is 4.61. The van der Waals surface area contributed by atoms with Crippen molar-refractivity contribution in [3.63, 3.8) is 0 Å². The standard InChI is InChI=1S/C10H16N2O2/c1-9(2)4-3-8-7(5-12-14-8)10(9,13)6-11/h5,13H,3-4,6,11H2,1-2H3. The van der Waals surface area contributed by atoms with E-state index in [1.54, 1.807) is 6.20 Å². The van der Waals surface area contributed by atoms with Crippen molar-refractivity contribution in [3.05, 3.63) is 17.5 Å². The number of hydrogen-bond donors (Lipinski definition) is 2. The summed E-state index contributed by atoms with van der Waals surface area (Å²) >= 11 is 0. The minimum Gasteiger partial charge on any atom is -0.383 e. The van der Waals surface area contributed by atoms with E-state index in [1.165, 1.54) is 0 Å². The minimum absolute atomic E-state index is 0.203. The zero-order chi connectivity index (χ0) is 10.4. The summed E-state index contributed by atoms with van der Waals surface area (Å²) in [4.78, 5) is 0. The molecule has 1 aromatic heterocycles. The summed E-state index contributed by atoms with van der Waals surface area (Å²) < 4.78 is 5.08. The Morgan fingerprint density at radius 2 is 2.36 bits per heavy atom. The third-order valence-corrected chi connectivity index (χ3v) is 3.48. The molecule has 4 nitrogen and oxygen atoms in total. The van der Waals surface area contributed by atoms with Crippen LogP contribution in [0.4, 0.5) is 0 Å². The summed E-state index contributed by atoms with van der Waals surface area (Å²) in [5, 5.41) is 14.2. The lowest BCUT2D eigenvalue weighted by Crippen LogP contribution is -2.50. The molecule has 14 heavy (non-hydrogen) atoms. The zero-order valence-electron chi connectivity index (χ0n) is 8.58. The second-order valence-electron chi connectivity index (χ2n) is 4.61. The van der Waals surface area contributed by atoms with Crippen LogP contribution in [-0.4, -0.2) is 16.8 Å². The van der Waals surface area contributed by atoms with E-state index in [2.05, 4.69) is 5.16 Å². The number of rotatable bonds is 1. The Hall–Kier alpha value is -0.870. The van der Waals surface area contributed by atoms with Crippen molar-refractivity contribution in [1.29, 1.82) is 0 Å². The van der Waals surface area contributed by atoms with Gasteiger partial charge in [-0.2, -0.15) is 0 Å². The van der Waals surface area contributed by atoms with Gasteiger partial charge in [-0.1, -0.05) is 19.0 Å². The molecule has 0 aliphatic heterocycles. The quantitative estimate of drug-likeness (QED) is 0.696. The molecule has 78 valence electrons. The minimum atomic E-state index is -0.999. The van der Waals surface area contributed by atoms with E-state index in [4.69, 9.17) is 10.3 Å². The lowest BCUT2D eigenvalue weighted by molar-refractivity contribution is -0.0795. The zero-order valence-corrected chi connectivity index (χ0v) is 8.58. The fourth-order valence-corrected chi connectivity index (χ4v) is 2.17. The van der Waals surface area contributed by atoms with Gasteiger partial charge in [-0.15, -0.1) is 0 Å². The molecule has 4 heteroatoms. The van der Waals surface area contributed by atoms with Gasteiger partial charge >= 0.3 is 0 Å². The topological polar surface area (TPSA) is 72.3 Å². The number of nitrogens with two attached hydrogens (primary N) is 1. The third-order valence-electron chi connectivity index (χ3n) is 3.48. The smallest absolute Gasteiger partial charge is 0.142 e. The first-order valence-corrected chi connectivity index (χ1v) is 4.88. The molecule has 0 saturated heterocycles. The number of aromatic nitrogens is 1. The molecule has 3 N–H and O–H groups in total. The van der Waals surface area contributed by atoms with Crippen molar-refractivity contribution >= 4 is 0 Å². The lowest BCUT2D eigenvalue weighted by Gasteiger charge is -2.44. The molecule has 0 spiro atoms. The van der Waals surface area contributed by atoms with Gasteiger partial charge in [0.2, 0.25) is 0 Å². The predicted molar refractivity (Wildman–Crippen MR) is 51.6 cm³/mol. The Labute approximate surface area is 83.1 Å². The summed E-state index contributed by atoms with van der Waals surface area (Å²) in [7, 11) is 0. The molecular weight excluding hydrogens is 180 g/mol. The predicted octanol–water partition coefficient (Wildman–Crippen LogP) is 0.793. The maximum Gasteiger partial charge on any atom is 0.142 e. The Balaban J connectivity index is 2.55. The van der Waals surface area contributed by atoms with Gasteiger partial charge in [0.05, 0.1) is 6.20 Å². The van der Waals surface area contributed by atoms with E-state index in [-0.39, 0.29) is 12.0 Å². The van der Waals surface area contributed by atoms with Crippen LogP contribution in [0.25, 0.3) is 0 Å². The van der Waals surface area contributed by atoms with Crippen molar-refractivity contribution in [3.8, 4) is 0 Å². The highest BCUT2D eigenvalue weighted by Gasteiger charge is 2.49. The van der Waals surface area contributed by atoms with Crippen molar-refractivity contribution < 1.29 is 9.63 Å². The first-order chi connectivity index (χ1) is 6.51. The van der Waals surface area contributed by atoms with Crippen molar-refractivity contribution in [1.82, 2.24) is 5.16 Å². The van der Waals surface area contributed by atoms with Gasteiger partial charge in [-0.05, 0) is 11.8 Å². The van der Waals surface area contributed by atoms with Crippen LogP contribution in [0.5, 0.6) is 0 Å². The normalized spacial score (nSPS) is 30.0. The van der Waals surface area contributed by atoms with Crippen molar-refractivity contribution in [2.24, 2.45) is 11.1 Å². The van der Waals surface area contributed by atoms with Crippen LogP contribution in [0.1, 0.15) is 31.6 Å². The molecule has 0 bridgehead atoms. The molecule has 1 heterocycles. The van der Waals surface area contributed by atoms with E-state index in [9.17, 15) is 5.11 Å². The second kappa shape index (κ2) is 2.81. The van der Waals surface area contributed by atoms with E-state index in [0.29, 0.717) is 0 Å². The molecule has 0 saturated carbocycles.